The third kappa shape index (κ3) is 27.5. The summed E-state index contributed by atoms with van der Waals surface area (Å²) in [5.41, 5.74) is 0. The number of rotatable bonds is 30. The molecule has 0 saturated carbocycles. The molecule has 10 nitrogen and oxygen atoms in total. The summed E-state index contributed by atoms with van der Waals surface area (Å²) >= 11 is 0. The van der Waals surface area contributed by atoms with Crippen LogP contribution in [0.4, 0.5) is 0 Å². The van der Waals surface area contributed by atoms with E-state index in [2.05, 4.69) is 11.4 Å². The summed E-state index contributed by atoms with van der Waals surface area (Å²) in [6.07, 6.45) is 19.9. The van der Waals surface area contributed by atoms with Crippen LogP contribution in [0.1, 0.15) is 142 Å². The van der Waals surface area contributed by atoms with Gasteiger partial charge in [-0.1, -0.05) is 117 Å². The Morgan fingerprint density at radius 2 is 1.10 bits per heavy atom. The van der Waals surface area contributed by atoms with Crippen LogP contribution in [-0.4, -0.2) is 65.7 Å². The van der Waals surface area contributed by atoms with Gasteiger partial charge in [0.25, 0.3) is 0 Å². The van der Waals surface area contributed by atoms with E-state index < -0.39 is 51.8 Å². The zero-order valence-electron chi connectivity index (χ0n) is 25.8. The molecule has 0 rings (SSSR count). The molecule has 3 atom stereocenters. The molecule has 0 aliphatic carbocycles. The smallest absolute Gasteiger partial charge is 0.462 e. The Kier molecular flexibility index (Phi) is 27.1. The second-order valence-corrected chi connectivity index (χ2v) is 12.3. The van der Waals surface area contributed by atoms with Gasteiger partial charge in [0.15, 0.2) is 6.10 Å². The minimum absolute atomic E-state index is 0.139. The molecule has 0 aromatic heterocycles. The highest BCUT2D eigenvalue weighted by atomic mass is 31.2. The second-order valence-electron chi connectivity index (χ2n) is 10.8. The van der Waals surface area contributed by atoms with Gasteiger partial charge >= 0.3 is 19.8 Å². The number of unbranched alkanes of at least 4 members (excludes halogenated alkanes) is 16. The van der Waals surface area contributed by atoms with Crippen molar-refractivity contribution >= 4 is 19.8 Å². The number of phosphoric acid groups is 1. The van der Waals surface area contributed by atoms with Crippen LogP contribution in [-0.2, 0) is 32.7 Å². The van der Waals surface area contributed by atoms with Crippen molar-refractivity contribution in [2.75, 3.05) is 26.4 Å². The number of ether oxygens (including phenoxy) is 2. The number of aliphatic hydroxyl groups excluding tert-OH is 2. The quantitative estimate of drug-likeness (QED) is 0.0452. The highest BCUT2D eigenvalue weighted by Gasteiger charge is 2.27. The van der Waals surface area contributed by atoms with Crippen LogP contribution in [0.15, 0.2) is 0 Å². The first-order valence-electron chi connectivity index (χ1n) is 16.0. The third-order valence-corrected chi connectivity index (χ3v) is 7.68. The van der Waals surface area contributed by atoms with Gasteiger partial charge in [-0.15, -0.1) is 0 Å². The summed E-state index contributed by atoms with van der Waals surface area (Å²) in [5, 5.41) is 18.0. The van der Waals surface area contributed by atoms with E-state index in [0.717, 1.165) is 19.3 Å². The van der Waals surface area contributed by atoms with Gasteiger partial charge in [0, 0.05) is 12.8 Å². The molecule has 0 fully saturated rings. The van der Waals surface area contributed by atoms with E-state index in [1.165, 1.54) is 83.5 Å². The van der Waals surface area contributed by atoms with Gasteiger partial charge in [0.05, 0.1) is 19.8 Å². The van der Waals surface area contributed by atoms with Crippen LogP contribution in [0.25, 0.3) is 0 Å². The largest absolute Gasteiger partial charge is 0.472 e. The Balaban J connectivity index is 3.93. The Hall–Kier alpha value is -1.03. The molecule has 1 unspecified atom stereocenters. The van der Waals surface area contributed by atoms with Crippen LogP contribution in [0.3, 0.4) is 0 Å². The molecule has 0 amide bonds. The van der Waals surface area contributed by atoms with Gasteiger partial charge in [-0.25, -0.2) is 4.57 Å². The van der Waals surface area contributed by atoms with E-state index in [1.807, 2.05) is 0 Å². The number of phosphoric ester groups is 1. The SMILES string of the molecule is CCCCCCCCCCCCCCCCCCCC(=O)OC[C@H](COP(=O)(O)OC[C@@H](O)CO)OC(=O)CCC. The second kappa shape index (κ2) is 27.8. The lowest BCUT2D eigenvalue weighted by Gasteiger charge is -2.20. The van der Waals surface area contributed by atoms with E-state index >= 15 is 0 Å². The molecule has 0 aromatic carbocycles. The number of hydrogen-bond donors (Lipinski definition) is 3. The first kappa shape index (κ1) is 40.0. The van der Waals surface area contributed by atoms with Gasteiger partial charge in [0.1, 0.15) is 12.7 Å². The van der Waals surface area contributed by atoms with Crippen LogP contribution in [0.2, 0.25) is 0 Å². The Morgan fingerprint density at radius 3 is 1.56 bits per heavy atom. The summed E-state index contributed by atoms with van der Waals surface area (Å²) in [6.45, 7) is 1.95. The molecule has 0 spiro atoms. The number of carbonyl (C=O) groups is 2. The molecule has 0 radical (unpaired) electrons. The summed E-state index contributed by atoms with van der Waals surface area (Å²) in [5.74, 6) is -0.980. The summed E-state index contributed by atoms with van der Waals surface area (Å²) in [6, 6.07) is 0. The standard InChI is InChI=1S/C30H59O10P/c1-3-5-6-7-8-9-10-11-12-13-14-15-16-17-18-19-20-22-29(33)37-25-28(40-30(34)21-4-2)26-39-41(35,36)38-24-27(32)23-31/h27-28,31-32H,3-26H2,1-2H3,(H,35,36)/t27-,28+/m0/s1. The Morgan fingerprint density at radius 1 is 0.634 bits per heavy atom. The maximum Gasteiger partial charge on any atom is 0.472 e. The molecule has 0 saturated heterocycles. The maximum absolute atomic E-state index is 12.1. The van der Waals surface area contributed by atoms with Crippen LogP contribution >= 0.6 is 7.82 Å². The van der Waals surface area contributed by atoms with Crippen molar-refractivity contribution in [3.63, 3.8) is 0 Å². The van der Waals surface area contributed by atoms with E-state index in [9.17, 15) is 24.2 Å². The average molecular weight is 611 g/mol. The van der Waals surface area contributed by atoms with Crippen LogP contribution in [0, 0.1) is 0 Å². The van der Waals surface area contributed by atoms with Gasteiger partial charge in [-0.3, -0.25) is 18.6 Å². The maximum atomic E-state index is 12.1. The molecule has 0 aliphatic rings. The predicted octanol–water partition coefficient (Wildman–Crippen LogP) is 6.77. The van der Waals surface area contributed by atoms with Crippen molar-refractivity contribution in [2.24, 2.45) is 0 Å². The van der Waals surface area contributed by atoms with Crippen molar-refractivity contribution in [2.45, 2.75) is 154 Å². The first-order chi connectivity index (χ1) is 19.7. The molecule has 0 aliphatic heterocycles. The number of carbonyl (C=O) groups excluding carboxylic acids is 2. The van der Waals surface area contributed by atoms with E-state index in [-0.39, 0.29) is 19.4 Å². The van der Waals surface area contributed by atoms with Crippen molar-refractivity contribution < 1.29 is 47.8 Å². The van der Waals surface area contributed by atoms with Gasteiger partial charge in [0.2, 0.25) is 0 Å². The number of esters is 2. The molecule has 0 heterocycles. The van der Waals surface area contributed by atoms with Crippen LogP contribution in [0.5, 0.6) is 0 Å². The van der Waals surface area contributed by atoms with Crippen molar-refractivity contribution in [1.82, 2.24) is 0 Å². The minimum atomic E-state index is -4.57. The van der Waals surface area contributed by atoms with E-state index in [1.54, 1.807) is 6.92 Å². The third-order valence-electron chi connectivity index (χ3n) is 6.73. The Labute approximate surface area is 248 Å². The topological polar surface area (TPSA) is 149 Å². The lowest BCUT2D eigenvalue weighted by Crippen LogP contribution is -2.29. The Bertz CT molecular complexity index is 676. The van der Waals surface area contributed by atoms with Gasteiger partial charge in [-0.05, 0) is 12.8 Å². The molecule has 0 bridgehead atoms. The first-order valence-corrected chi connectivity index (χ1v) is 17.5. The molecular formula is C30H59O10P. The summed E-state index contributed by atoms with van der Waals surface area (Å²) in [7, 11) is -4.57. The van der Waals surface area contributed by atoms with E-state index in [0.29, 0.717) is 12.8 Å². The highest BCUT2D eigenvalue weighted by Crippen LogP contribution is 2.43. The molecular weight excluding hydrogens is 551 g/mol. The molecule has 0 aromatic rings. The minimum Gasteiger partial charge on any atom is -0.462 e. The zero-order valence-corrected chi connectivity index (χ0v) is 26.7. The van der Waals surface area contributed by atoms with Gasteiger partial charge in [-0.2, -0.15) is 0 Å². The van der Waals surface area contributed by atoms with Crippen LogP contribution < -0.4 is 0 Å². The molecule has 244 valence electrons. The molecule has 41 heavy (non-hydrogen) atoms. The summed E-state index contributed by atoms with van der Waals surface area (Å²) in [4.78, 5) is 33.7. The lowest BCUT2D eigenvalue weighted by atomic mass is 10.0. The van der Waals surface area contributed by atoms with Crippen molar-refractivity contribution in [1.29, 1.82) is 0 Å². The lowest BCUT2D eigenvalue weighted by molar-refractivity contribution is -0.161. The van der Waals surface area contributed by atoms with Gasteiger partial charge < -0.3 is 24.6 Å². The zero-order chi connectivity index (χ0) is 30.6. The fraction of sp³-hybridized carbons (Fsp3) is 0.933. The average Bonchev–Trinajstić information content (AvgIpc) is 2.95. The predicted molar refractivity (Wildman–Crippen MR) is 159 cm³/mol. The summed E-state index contributed by atoms with van der Waals surface area (Å²) < 4.78 is 31.8. The fourth-order valence-electron chi connectivity index (χ4n) is 4.26. The number of hydrogen-bond acceptors (Lipinski definition) is 9. The fourth-order valence-corrected chi connectivity index (χ4v) is 5.05. The van der Waals surface area contributed by atoms with E-state index in [4.69, 9.17) is 19.1 Å². The van der Waals surface area contributed by atoms with Crippen molar-refractivity contribution in [3.05, 3.63) is 0 Å². The monoisotopic (exact) mass is 610 g/mol. The highest BCUT2D eigenvalue weighted by molar-refractivity contribution is 7.47. The normalized spacial score (nSPS) is 14.4. The molecule has 3 N–H and O–H groups in total. The molecule has 11 heteroatoms. The number of aliphatic hydroxyl groups is 2. The van der Waals surface area contributed by atoms with Crippen molar-refractivity contribution in [3.8, 4) is 0 Å².